The van der Waals surface area contributed by atoms with Crippen LogP contribution in [0.1, 0.15) is 32.3 Å². The van der Waals surface area contributed by atoms with Crippen LogP contribution in [-0.2, 0) is 0 Å². The van der Waals surface area contributed by atoms with Crippen LogP contribution in [0.3, 0.4) is 0 Å². The van der Waals surface area contributed by atoms with E-state index in [4.69, 9.17) is 0 Å². The van der Waals surface area contributed by atoms with Crippen molar-refractivity contribution in [1.82, 2.24) is 9.97 Å². The molecule has 0 unspecified atom stereocenters. The number of rotatable bonds is 6. The highest BCUT2D eigenvalue weighted by molar-refractivity contribution is 7.18. The number of nitrogens with zero attached hydrogens (tertiary/aromatic N) is 2. The first-order chi connectivity index (χ1) is 9.15. The van der Waals surface area contributed by atoms with Crippen molar-refractivity contribution >= 4 is 27.4 Å². The van der Waals surface area contributed by atoms with Crippen molar-refractivity contribution in [1.29, 1.82) is 0 Å². The van der Waals surface area contributed by atoms with Gasteiger partial charge in [0.1, 0.15) is 12.1 Å². The second-order valence-corrected chi connectivity index (χ2v) is 5.92. The highest BCUT2D eigenvalue weighted by atomic mass is 32.1. The van der Waals surface area contributed by atoms with E-state index in [1.165, 1.54) is 5.56 Å². The molecular weight excluding hydrogens is 258 g/mol. The summed E-state index contributed by atoms with van der Waals surface area (Å²) in [6.45, 7) is 7.23. The molecule has 0 spiro atoms. The van der Waals surface area contributed by atoms with E-state index in [1.807, 2.05) is 0 Å². The SMILES string of the molecule is CCC(CC)(CO)CNc1ncnc2c(C)csc12. The summed E-state index contributed by atoms with van der Waals surface area (Å²) in [6.07, 6.45) is 3.50. The number of aliphatic hydroxyl groups is 1. The first-order valence-electron chi connectivity index (χ1n) is 6.69. The molecule has 104 valence electrons. The van der Waals surface area contributed by atoms with Gasteiger partial charge in [-0.3, -0.25) is 0 Å². The van der Waals surface area contributed by atoms with Gasteiger partial charge in [-0.2, -0.15) is 0 Å². The largest absolute Gasteiger partial charge is 0.396 e. The lowest BCUT2D eigenvalue weighted by Gasteiger charge is -2.29. The van der Waals surface area contributed by atoms with Crippen LogP contribution in [0.4, 0.5) is 5.82 Å². The molecule has 2 heterocycles. The molecule has 0 bridgehead atoms. The average molecular weight is 279 g/mol. The molecule has 4 nitrogen and oxygen atoms in total. The smallest absolute Gasteiger partial charge is 0.147 e. The molecule has 2 rings (SSSR count). The summed E-state index contributed by atoms with van der Waals surface area (Å²) in [4.78, 5) is 8.65. The summed E-state index contributed by atoms with van der Waals surface area (Å²) >= 11 is 1.66. The van der Waals surface area contributed by atoms with Gasteiger partial charge in [0.15, 0.2) is 0 Å². The minimum absolute atomic E-state index is 0.0659. The maximum Gasteiger partial charge on any atom is 0.147 e. The van der Waals surface area contributed by atoms with E-state index >= 15 is 0 Å². The van der Waals surface area contributed by atoms with Crippen molar-refractivity contribution in [3.05, 3.63) is 17.3 Å². The topological polar surface area (TPSA) is 58.0 Å². The molecule has 0 fully saturated rings. The lowest BCUT2D eigenvalue weighted by Crippen LogP contribution is -2.32. The van der Waals surface area contributed by atoms with E-state index in [-0.39, 0.29) is 12.0 Å². The zero-order valence-electron chi connectivity index (χ0n) is 11.7. The molecule has 0 aromatic carbocycles. The summed E-state index contributed by atoms with van der Waals surface area (Å²) < 4.78 is 1.10. The molecule has 2 N–H and O–H groups in total. The number of anilines is 1. The van der Waals surface area contributed by atoms with Crippen LogP contribution in [0.5, 0.6) is 0 Å². The van der Waals surface area contributed by atoms with E-state index in [1.54, 1.807) is 17.7 Å². The molecule has 0 saturated heterocycles. The van der Waals surface area contributed by atoms with E-state index in [2.05, 4.69) is 41.4 Å². The molecule has 5 heteroatoms. The van der Waals surface area contributed by atoms with Crippen LogP contribution >= 0.6 is 11.3 Å². The third-order valence-electron chi connectivity index (χ3n) is 4.00. The molecule has 0 saturated carbocycles. The molecule has 2 aromatic heterocycles. The van der Waals surface area contributed by atoms with Gasteiger partial charge in [0.05, 0.1) is 16.8 Å². The van der Waals surface area contributed by atoms with Crippen molar-refractivity contribution in [2.45, 2.75) is 33.6 Å². The molecule has 0 radical (unpaired) electrons. The Kier molecular flexibility index (Phi) is 4.37. The van der Waals surface area contributed by atoms with Crippen LogP contribution < -0.4 is 5.32 Å². The molecule has 0 aliphatic rings. The second kappa shape index (κ2) is 5.84. The van der Waals surface area contributed by atoms with Gasteiger partial charge in [-0.1, -0.05) is 13.8 Å². The summed E-state index contributed by atoms with van der Waals surface area (Å²) in [5.41, 5.74) is 2.14. The zero-order valence-corrected chi connectivity index (χ0v) is 12.5. The van der Waals surface area contributed by atoms with Crippen LogP contribution in [0.2, 0.25) is 0 Å². The Balaban J connectivity index is 2.22. The Hall–Kier alpha value is -1.20. The fourth-order valence-corrected chi connectivity index (χ4v) is 3.11. The Labute approximate surface area is 117 Å². The van der Waals surface area contributed by atoms with Crippen molar-refractivity contribution in [2.75, 3.05) is 18.5 Å². The van der Waals surface area contributed by atoms with E-state index in [0.29, 0.717) is 0 Å². The number of nitrogens with one attached hydrogen (secondary N) is 1. The van der Waals surface area contributed by atoms with Gasteiger partial charge in [-0.25, -0.2) is 9.97 Å². The number of hydrogen-bond acceptors (Lipinski definition) is 5. The van der Waals surface area contributed by atoms with Gasteiger partial charge in [0.25, 0.3) is 0 Å². The quantitative estimate of drug-likeness (QED) is 0.852. The Morgan fingerprint density at radius 2 is 2.05 bits per heavy atom. The number of fused-ring (bicyclic) bond motifs is 1. The number of aryl methyl sites for hydroxylation is 1. The molecule has 0 amide bonds. The molecule has 19 heavy (non-hydrogen) atoms. The molecule has 0 atom stereocenters. The van der Waals surface area contributed by atoms with E-state index in [0.717, 1.165) is 35.4 Å². The standard InChI is InChI=1S/C14H21N3OS/c1-4-14(5-2,8-18)7-15-13-12-11(16-9-17-13)10(3)6-19-12/h6,9,18H,4-5,7-8H2,1-3H3,(H,15,16,17). The summed E-state index contributed by atoms with van der Waals surface area (Å²) in [6, 6.07) is 0. The number of aromatic nitrogens is 2. The van der Waals surface area contributed by atoms with E-state index < -0.39 is 0 Å². The zero-order chi connectivity index (χ0) is 13.9. The lowest BCUT2D eigenvalue weighted by atomic mass is 9.83. The third-order valence-corrected chi connectivity index (χ3v) is 5.09. The second-order valence-electron chi connectivity index (χ2n) is 5.04. The molecule has 2 aromatic rings. The van der Waals surface area contributed by atoms with Crippen molar-refractivity contribution in [3.63, 3.8) is 0 Å². The maximum absolute atomic E-state index is 9.60. The fourth-order valence-electron chi connectivity index (χ4n) is 2.15. The normalized spacial score (nSPS) is 12.0. The van der Waals surface area contributed by atoms with E-state index in [9.17, 15) is 5.11 Å². The van der Waals surface area contributed by atoms with Crippen molar-refractivity contribution in [2.24, 2.45) is 5.41 Å². The minimum Gasteiger partial charge on any atom is -0.396 e. The summed E-state index contributed by atoms with van der Waals surface area (Å²) in [5.74, 6) is 0.878. The van der Waals surface area contributed by atoms with Crippen LogP contribution in [0, 0.1) is 12.3 Å². The van der Waals surface area contributed by atoms with Crippen LogP contribution in [0.15, 0.2) is 11.7 Å². The molecule has 0 aliphatic heterocycles. The highest BCUT2D eigenvalue weighted by Crippen LogP contribution is 2.31. The van der Waals surface area contributed by atoms with Gasteiger partial charge in [-0.15, -0.1) is 11.3 Å². The first kappa shape index (κ1) is 14.2. The predicted octanol–water partition coefficient (Wildman–Crippen LogP) is 3.21. The lowest BCUT2D eigenvalue weighted by molar-refractivity contribution is 0.127. The average Bonchev–Trinajstić information content (AvgIpc) is 2.84. The fraction of sp³-hybridized carbons (Fsp3) is 0.571. The Morgan fingerprint density at radius 3 is 2.68 bits per heavy atom. The number of aliphatic hydroxyl groups excluding tert-OH is 1. The summed E-state index contributed by atoms with van der Waals surface area (Å²) in [7, 11) is 0. The minimum atomic E-state index is -0.0659. The van der Waals surface area contributed by atoms with Crippen LogP contribution in [0.25, 0.3) is 10.2 Å². The Morgan fingerprint density at radius 1 is 1.32 bits per heavy atom. The van der Waals surface area contributed by atoms with Crippen molar-refractivity contribution in [3.8, 4) is 0 Å². The molecule has 0 aliphatic carbocycles. The first-order valence-corrected chi connectivity index (χ1v) is 7.57. The molecular formula is C14H21N3OS. The van der Waals surface area contributed by atoms with Crippen molar-refractivity contribution < 1.29 is 5.11 Å². The van der Waals surface area contributed by atoms with Gasteiger partial charge in [-0.05, 0) is 30.7 Å². The summed E-state index contributed by atoms with van der Waals surface area (Å²) in [5, 5.41) is 15.1. The monoisotopic (exact) mass is 279 g/mol. The van der Waals surface area contributed by atoms with Gasteiger partial charge in [0.2, 0.25) is 0 Å². The highest BCUT2D eigenvalue weighted by Gasteiger charge is 2.25. The third kappa shape index (κ3) is 2.72. The Bertz CT molecular complexity index is 540. The number of hydrogen-bond donors (Lipinski definition) is 2. The van der Waals surface area contributed by atoms with Crippen LogP contribution in [-0.4, -0.2) is 28.2 Å². The predicted molar refractivity (Wildman–Crippen MR) is 80.7 cm³/mol. The van der Waals surface area contributed by atoms with Gasteiger partial charge in [0, 0.05) is 12.0 Å². The van der Waals surface area contributed by atoms with Gasteiger partial charge < -0.3 is 10.4 Å². The maximum atomic E-state index is 9.60. The van der Waals surface area contributed by atoms with Gasteiger partial charge >= 0.3 is 0 Å². The number of thiophene rings is 1.